The number of unbranched alkanes of at least 4 members (excludes halogenated alkanes) is 24. The van der Waals surface area contributed by atoms with E-state index in [0.717, 1.165) is 48.1 Å². The Morgan fingerprint density at radius 2 is 0.724 bits per heavy atom. The molecule has 0 saturated heterocycles. The van der Waals surface area contributed by atoms with Gasteiger partial charge in [0.05, 0.1) is 18.2 Å². The summed E-state index contributed by atoms with van der Waals surface area (Å²) in [7, 11) is 1.64. The van der Waals surface area contributed by atoms with Crippen LogP contribution in [0.15, 0.2) is 60.7 Å². The monoisotopic (exact) mass is 792 g/mol. The Morgan fingerprint density at radius 1 is 0.397 bits per heavy atom. The quantitative estimate of drug-likeness (QED) is 0.0479. The molecule has 318 valence electrons. The van der Waals surface area contributed by atoms with Crippen LogP contribution in [0.2, 0.25) is 0 Å². The third kappa shape index (κ3) is 17.5. The zero-order valence-electron chi connectivity index (χ0n) is 36.7. The zero-order chi connectivity index (χ0) is 41.0. The van der Waals surface area contributed by atoms with E-state index in [1.165, 1.54) is 154 Å². The number of phenols is 2. The van der Waals surface area contributed by atoms with Crippen LogP contribution in [0.3, 0.4) is 0 Å². The molecule has 6 heteroatoms. The summed E-state index contributed by atoms with van der Waals surface area (Å²) in [6, 6.07) is 19.3. The average Bonchev–Trinajstić information content (AvgIpc) is 3.24. The topological polar surface area (TPSA) is 88.4 Å². The second-order valence-corrected chi connectivity index (χ2v) is 16.7. The summed E-state index contributed by atoms with van der Waals surface area (Å²) in [5, 5.41) is 22.6. The second kappa shape index (κ2) is 28.5. The van der Waals surface area contributed by atoms with Crippen LogP contribution in [0, 0.1) is 0 Å². The van der Waals surface area contributed by atoms with Gasteiger partial charge in [-0.1, -0.05) is 180 Å². The van der Waals surface area contributed by atoms with Crippen molar-refractivity contribution in [1.29, 1.82) is 0 Å². The highest BCUT2D eigenvalue weighted by Gasteiger charge is 2.17. The standard InChI is InChI=1S/C52H77N3O3/c1-4-6-8-10-12-14-16-18-20-22-24-26-28-30-42-32-38-46(48(56)40-42)51-53-50(44-34-36-45(58-3)37-35-44)54-52(55-51)47-39-33-43(41-49(47)57)31-29-27-25-23-21-19-17-15-13-11-9-7-5-2/h32-41,56-57H,4-31H2,1-3H3. The van der Waals surface area contributed by atoms with Gasteiger partial charge in [0.15, 0.2) is 17.5 Å². The summed E-state index contributed by atoms with van der Waals surface area (Å²) in [5.74, 6) is 2.26. The molecule has 0 bridgehead atoms. The molecule has 0 aliphatic rings. The van der Waals surface area contributed by atoms with E-state index in [1.807, 2.05) is 48.5 Å². The maximum atomic E-state index is 11.3. The highest BCUT2D eigenvalue weighted by Crippen LogP contribution is 2.34. The van der Waals surface area contributed by atoms with Crippen LogP contribution in [0.5, 0.6) is 17.2 Å². The number of nitrogens with zero attached hydrogens (tertiary/aromatic N) is 3. The highest BCUT2D eigenvalue weighted by molar-refractivity contribution is 5.72. The number of hydrogen-bond acceptors (Lipinski definition) is 6. The van der Waals surface area contributed by atoms with Gasteiger partial charge >= 0.3 is 0 Å². The Labute approximate surface area is 352 Å². The third-order valence-corrected chi connectivity index (χ3v) is 11.7. The number of methoxy groups -OCH3 is 1. The molecule has 0 amide bonds. The van der Waals surface area contributed by atoms with E-state index in [-0.39, 0.29) is 11.5 Å². The molecule has 2 N–H and O–H groups in total. The van der Waals surface area contributed by atoms with Crippen molar-refractivity contribution in [2.24, 2.45) is 0 Å². The van der Waals surface area contributed by atoms with E-state index in [1.54, 1.807) is 7.11 Å². The fourth-order valence-electron chi connectivity index (χ4n) is 8.02. The summed E-state index contributed by atoms with van der Waals surface area (Å²) >= 11 is 0. The predicted molar refractivity (Wildman–Crippen MR) is 245 cm³/mol. The van der Waals surface area contributed by atoms with E-state index in [4.69, 9.17) is 19.7 Å². The Morgan fingerprint density at radius 3 is 1.05 bits per heavy atom. The van der Waals surface area contributed by atoms with Crippen molar-refractivity contribution < 1.29 is 14.9 Å². The van der Waals surface area contributed by atoms with Crippen molar-refractivity contribution in [3.05, 3.63) is 71.8 Å². The molecule has 0 unspecified atom stereocenters. The number of aryl methyl sites for hydroxylation is 2. The Kier molecular flexibility index (Phi) is 23.0. The van der Waals surface area contributed by atoms with Crippen molar-refractivity contribution in [2.45, 2.75) is 194 Å². The molecular weight excluding hydrogens is 715 g/mol. The fourth-order valence-corrected chi connectivity index (χ4v) is 8.02. The molecular formula is C52H77N3O3. The largest absolute Gasteiger partial charge is 0.507 e. The van der Waals surface area contributed by atoms with Gasteiger partial charge in [-0.15, -0.1) is 0 Å². The number of ether oxygens (including phenoxy) is 1. The molecule has 4 aromatic rings. The molecule has 0 fully saturated rings. The number of benzene rings is 3. The number of phenolic OH excluding ortho intramolecular Hbond substituents is 2. The lowest BCUT2D eigenvalue weighted by Gasteiger charge is -2.12. The van der Waals surface area contributed by atoms with Crippen LogP contribution in [-0.2, 0) is 12.8 Å². The molecule has 4 rings (SSSR count). The maximum Gasteiger partial charge on any atom is 0.167 e. The lowest BCUT2D eigenvalue weighted by Crippen LogP contribution is -2.01. The minimum absolute atomic E-state index is 0.155. The summed E-state index contributed by atoms with van der Waals surface area (Å²) in [4.78, 5) is 14.5. The molecule has 0 atom stereocenters. The van der Waals surface area contributed by atoms with Crippen molar-refractivity contribution >= 4 is 0 Å². The summed E-state index contributed by atoms with van der Waals surface area (Å²) in [6.07, 6.45) is 36.5. The van der Waals surface area contributed by atoms with Crippen molar-refractivity contribution in [3.63, 3.8) is 0 Å². The van der Waals surface area contributed by atoms with Gasteiger partial charge in [0.2, 0.25) is 0 Å². The van der Waals surface area contributed by atoms with Gasteiger partial charge in [-0.2, -0.15) is 0 Å². The Balaban J connectivity index is 1.30. The van der Waals surface area contributed by atoms with E-state index < -0.39 is 0 Å². The highest BCUT2D eigenvalue weighted by atomic mass is 16.5. The summed E-state index contributed by atoms with van der Waals surface area (Å²) in [5.41, 5.74) is 4.12. The first-order chi connectivity index (χ1) is 28.5. The number of aromatic hydroxyl groups is 2. The molecule has 0 aliphatic carbocycles. The lowest BCUT2D eigenvalue weighted by molar-refractivity contribution is 0.415. The molecule has 0 saturated carbocycles. The first-order valence-corrected chi connectivity index (χ1v) is 23.6. The van der Waals surface area contributed by atoms with Crippen LogP contribution in [-0.4, -0.2) is 32.3 Å². The summed E-state index contributed by atoms with van der Waals surface area (Å²) in [6.45, 7) is 4.56. The van der Waals surface area contributed by atoms with E-state index in [2.05, 4.69) is 26.0 Å². The van der Waals surface area contributed by atoms with Crippen LogP contribution in [0.4, 0.5) is 0 Å². The smallest absolute Gasteiger partial charge is 0.167 e. The normalized spacial score (nSPS) is 11.4. The minimum Gasteiger partial charge on any atom is -0.507 e. The van der Waals surface area contributed by atoms with E-state index in [9.17, 15) is 10.2 Å². The molecule has 6 nitrogen and oxygen atoms in total. The summed E-state index contributed by atoms with van der Waals surface area (Å²) < 4.78 is 5.38. The van der Waals surface area contributed by atoms with Crippen molar-refractivity contribution in [2.75, 3.05) is 7.11 Å². The van der Waals surface area contributed by atoms with Gasteiger partial charge in [-0.25, -0.2) is 15.0 Å². The van der Waals surface area contributed by atoms with Gasteiger partial charge in [0, 0.05) is 5.56 Å². The lowest BCUT2D eigenvalue weighted by atomic mass is 10.0. The number of rotatable bonds is 32. The van der Waals surface area contributed by atoms with Crippen molar-refractivity contribution in [1.82, 2.24) is 15.0 Å². The first-order valence-electron chi connectivity index (χ1n) is 23.6. The van der Waals surface area contributed by atoms with Crippen molar-refractivity contribution in [3.8, 4) is 51.4 Å². The van der Waals surface area contributed by atoms with Gasteiger partial charge in [0.25, 0.3) is 0 Å². The zero-order valence-corrected chi connectivity index (χ0v) is 36.7. The van der Waals surface area contributed by atoms with Gasteiger partial charge < -0.3 is 14.9 Å². The van der Waals surface area contributed by atoms with E-state index in [0.29, 0.717) is 28.6 Å². The molecule has 0 radical (unpaired) electrons. The predicted octanol–water partition coefficient (Wildman–Crippen LogP) is 15.6. The molecule has 1 heterocycles. The molecule has 3 aromatic carbocycles. The molecule has 1 aromatic heterocycles. The number of aromatic nitrogens is 3. The minimum atomic E-state index is 0.155. The third-order valence-electron chi connectivity index (χ3n) is 11.7. The van der Waals surface area contributed by atoms with Crippen LogP contribution in [0.25, 0.3) is 34.2 Å². The molecule has 58 heavy (non-hydrogen) atoms. The van der Waals surface area contributed by atoms with Gasteiger partial charge in [-0.3, -0.25) is 0 Å². The Hall–Kier alpha value is -3.93. The van der Waals surface area contributed by atoms with Crippen LogP contribution < -0.4 is 4.74 Å². The molecule has 0 aliphatic heterocycles. The van der Waals surface area contributed by atoms with E-state index >= 15 is 0 Å². The second-order valence-electron chi connectivity index (χ2n) is 16.7. The van der Waals surface area contributed by atoms with Gasteiger partial charge in [0.1, 0.15) is 17.2 Å². The molecule has 0 spiro atoms. The fraction of sp³-hybridized carbons (Fsp3) is 0.596. The van der Waals surface area contributed by atoms with Crippen LogP contribution in [0.1, 0.15) is 192 Å². The number of hydrogen-bond donors (Lipinski definition) is 2. The maximum absolute atomic E-state index is 11.3. The van der Waals surface area contributed by atoms with Crippen LogP contribution >= 0.6 is 0 Å². The Bertz CT molecular complexity index is 1590. The average molecular weight is 792 g/mol. The van der Waals surface area contributed by atoms with Gasteiger partial charge in [-0.05, 0) is 85.3 Å². The SMILES string of the molecule is CCCCCCCCCCCCCCCc1ccc(-c2nc(-c3ccc(OC)cc3)nc(-c3ccc(CCCCCCCCCCCCCCC)cc3O)n2)c(O)c1. The first kappa shape index (κ1) is 46.8.